The van der Waals surface area contributed by atoms with Gasteiger partial charge in [-0.2, -0.15) is 0 Å². The summed E-state index contributed by atoms with van der Waals surface area (Å²) < 4.78 is 1.97. The van der Waals surface area contributed by atoms with Gasteiger partial charge in [-0.25, -0.2) is 4.98 Å². The molecule has 1 aliphatic rings. The molecule has 0 saturated carbocycles. The molecule has 1 amide bonds. The summed E-state index contributed by atoms with van der Waals surface area (Å²) in [5.41, 5.74) is 1.95. The highest BCUT2D eigenvalue weighted by atomic mass is 16.2. The molecule has 5 nitrogen and oxygen atoms in total. The molecule has 1 atom stereocenters. The van der Waals surface area contributed by atoms with Gasteiger partial charge in [-0.1, -0.05) is 25.0 Å². The molecule has 2 heterocycles. The summed E-state index contributed by atoms with van der Waals surface area (Å²) in [5, 5.41) is 0. The Morgan fingerprint density at radius 3 is 2.67 bits per heavy atom. The zero-order chi connectivity index (χ0) is 16.9. The summed E-state index contributed by atoms with van der Waals surface area (Å²) in [6.45, 7) is 6.06. The van der Waals surface area contributed by atoms with Crippen LogP contribution in [0, 0.1) is 0 Å². The van der Waals surface area contributed by atoms with Crippen LogP contribution in [0.15, 0.2) is 30.6 Å². The van der Waals surface area contributed by atoms with Crippen LogP contribution in [-0.4, -0.2) is 58.5 Å². The zero-order valence-corrected chi connectivity index (χ0v) is 14.8. The molecule has 24 heavy (non-hydrogen) atoms. The van der Waals surface area contributed by atoms with E-state index in [0.29, 0.717) is 0 Å². The second-order valence-electron chi connectivity index (χ2n) is 6.83. The fourth-order valence-electron chi connectivity index (χ4n) is 3.49. The third kappa shape index (κ3) is 3.78. The lowest BCUT2D eigenvalue weighted by Gasteiger charge is -2.26. The number of likely N-dealkylation sites (tertiary alicyclic amines) is 1. The van der Waals surface area contributed by atoms with Crippen LogP contribution in [0.5, 0.6) is 0 Å². The second-order valence-corrected chi connectivity index (χ2v) is 6.83. The van der Waals surface area contributed by atoms with E-state index in [-0.39, 0.29) is 11.9 Å². The van der Waals surface area contributed by atoms with Crippen molar-refractivity contribution in [1.82, 2.24) is 19.4 Å². The van der Waals surface area contributed by atoms with Gasteiger partial charge in [-0.05, 0) is 45.0 Å². The van der Waals surface area contributed by atoms with Gasteiger partial charge < -0.3 is 14.4 Å². The van der Waals surface area contributed by atoms with Gasteiger partial charge in [-0.3, -0.25) is 4.79 Å². The van der Waals surface area contributed by atoms with Crippen molar-refractivity contribution >= 4 is 16.9 Å². The first-order chi connectivity index (χ1) is 11.7. The number of fused-ring (bicyclic) bond motifs is 1. The first-order valence-corrected chi connectivity index (χ1v) is 9.06. The Bertz CT molecular complexity index is 673. The van der Waals surface area contributed by atoms with Crippen molar-refractivity contribution in [1.29, 1.82) is 0 Å². The van der Waals surface area contributed by atoms with Crippen molar-refractivity contribution in [2.24, 2.45) is 0 Å². The van der Waals surface area contributed by atoms with E-state index in [1.165, 1.54) is 38.8 Å². The molecule has 1 saturated heterocycles. The highest BCUT2D eigenvalue weighted by Gasteiger charge is 2.21. The van der Waals surface area contributed by atoms with Crippen molar-refractivity contribution in [2.45, 2.75) is 38.6 Å². The fourth-order valence-corrected chi connectivity index (χ4v) is 3.49. The Kier molecular flexibility index (Phi) is 5.51. The number of hydrogen-bond donors (Lipinski definition) is 0. The third-order valence-electron chi connectivity index (χ3n) is 5.08. The summed E-state index contributed by atoms with van der Waals surface area (Å²) in [4.78, 5) is 21.5. The Morgan fingerprint density at radius 2 is 1.92 bits per heavy atom. The minimum atomic E-state index is -0.230. The normalized spacial score (nSPS) is 17.6. The van der Waals surface area contributed by atoms with E-state index in [9.17, 15) is 4.79 Å². The highest BCUT2D eigenvalue weighted by Crippen LogP contribution is 2.18. The Hall–Kier alpha value is -1.88. The van der Waals surface area contributed by atoms with Crippen LogP contribution in [0.2, 0.25) is 0 Å². The van der Waals surface area contributed by atoms with E-state index < -0.39 is 0 Å². The number of carbonyl (C=O) groups is 1. The maximum absolute atomic E-state index is 12.8. The Morgan fingerprint density at radius 1 is 1.21 bits per heavy atom. The summed E-state index contributed by atoms with van der Waals surface area (Å²) in [6.07, 6.45) is 7.03. The Balaban J connectivity index is 1.60. The van der Waals surface area contributed by atoms with Crippen molar-refractivity contribution in [3.8, 4) is 0 Å². The number of rotatable bonds is 5. The van der Waals surface area contributed by atoms with Gasteiger partial charge in [0.05, 0.1) is 17.4 Å². The number of nitrogens with zero attached hydrogens (tertiary/aromatic N) is 4. The summed E-state index contributed by atoms with van der Waals surface area (Å²) in [5.74, 6) is 0.146. The lowest BCUT2D eigenvalue weighted by atomic mass is 10.2. The molecule has 5 heteroatoms. The van der Waals surface area contributed by atoms with E-state index in [1.807, 2.05) is 47.7 Å². The first-order valence-electron chi connectivity index (χ1n) is 9.06. The van der Waals surface area contributed by atoms with E-state index in [2.05, 4.69) is 9.88 Å². The topological polar surface area (TPSA) is 41.4 Å². The quantitative estimate of drug-likeness (QED) is 0.847. The van der Waals surface area contributed by atoms with Crippen molar-refractivity contribution in [3.05, 3.63) is 30.6 Å². The molecule has 3 rings (SSSR count). The molecule has 1 aliphatic heterocycles. The molecule has 0 radical (unpaired) electrons. The van der Waals surface area contributed by atoms with E-state index in [1.54, 1.807) is 6.33 Å². The third-order valence-corrected chi connectivity index (χ3v) is 5.08. The SMILES string of the molecule is CC(C(=O)N(C)CCN1CCCCCC1)n1cnc2ccccc21. The minimum Gasteiger partial charge on any atom is -0.343 e. The van der Waals surface area contributed by atoms with Crippen LogP contribution in [0.25, 0.3) is 11.0 Å². The number of likely N-dealkylation sites (N-methyl/N-ethyl adjacent to an activating group) is 1. The Labute approximate surface area is 144 Å². The smallest absolute Gasteiger partial charge is 0.245 e. The van der Waals surface area contributed by atoms with Gasteiger partial charge in [0.25, 0.3) is 0 Å². The molecular formula is C19H28N4O. The average Bonchev–Trinajstić information content (AvgIpc) is 2.86. The number of hydrogen-bond acceptors (Lipinski definition) is 3. The van der Waals surface area contributed by atoms with E-state index in [0.717, 1.165) is 24.1 Å². The monoisotopic (exact) mass is 328 g/mol. The van der Waals surface area contributed by atoms with Crippen LogP contribution >= 0.6 is 0 Å². The van der Waals surface area contributed by atoms with Gasteiger partial charge in [0.15, 0.2) is 0 Å². The summed E-state index contributed by atoms with van der Waals surface area (Å²) in [7, 11) is 1.91. The molecule has 1 fully saturated rings. The fraction of sp³-hybridized carbons (Fsp3) is 0.579. The molecule has 0 aliphatic carbocycles. The standard InChI is InChI=1S/C19H28N4O/c1-16(23-15-20-17-9-5-6-10-18(17)23)19(24)21(2)13-14-22-11-7-3-4-8-12-22/h5-6,9-10,15-16H,3-4,7-8,11-14H2,1-2H3. The van der Waals surface area contributed by atoms with Gasteiger partial charge in [-0.15, -0.1) is 0 Å². The number of imidazole rings is 1. The number of aromatic nitrogens is 2. The van der Waals surface area contributed by atoms with Crippen molar-refractivity contribution in [2.75, 3.05) is 33.2 Å². The molecule has 1 aromatic carbocycles. The summed E-state index contributed by atoms with van der Waals surface area (Å²) in [6, 6.07) is 7.72. The molecular weight excluding hydrogens is 300 g/mol. The largest absolute Gasteiger partial charge is 0.343 e. The van der Waals surface area contributed by atoms with E-state index in [4.69, 9.17) is 0 Å². The molecule has 0 N–H and O–H groups in total. The summed E-state index contributed by atoms with van der Waals surface area (Å²) >= 11 is 0. The average molecular weight is 328 g/mol. The number of para-hydroxylation sites is 2. The van der Waals surface area contributed by atoms with Gasteiger partial charge >= 0.3 is 0 Å². The van der Waals surface area contributed by atoms with Crippen LogP contribution in [0.4, 0.5) is 0 Å². The molecule has 0 spiro atoms. The van der Waals surface area contributed by atoms with Crippen LogP contribution in [0.3, 0.4) is 0 Å². The number of benzene rings is 1. The van der Waals surface area contributed by atoms with Crippen molar-refractivity contribution < 1.29 is 4.79 Å². The minimum absolute atomic E-state index is 0.146. The van der Waals surface area contributed by atoms with Gasteiger partial charge in [0.1, 0.15) is 6.04 Å². The van der Waals surface area contributed by atoms with E-state index >= 15 is 0 Å². The first kappa shape index (κ1) is 17.0. The predicted octanol–water partition coefficient (Wildman–Crippen LogP) is 2.93. The maximum Gasteiger partial charge on any atom is 0.245 e. The maximum atomic E-state index is 12.8. The molecule has 1 aromatic heterocycles. The molecule has 130 valence electrons. The molecule has 0 bridgehead atoms. The second kappa shape index (κ2) is 7.79. The zero-order valence-electron chi connectivity index (χ0n) is 14.8. The molecule has 1 unspecified atom stereocenters. The predicted molar refractivity (Wildman–Crippen MR) is 97.0 cm³/mol. The molecule has 2 aromatic rings. The number of amides is 1. The van der Waals surface area contributed by atoms with Crippen LogP contribution in [0.1, 0.15) is 38.6 Å². The lowest BCUT2D eigenvalue weighted by Crippen LogP contribution is -2.39. The van der Waals surface area contributed by atoms with Gasteiger partial charge in [0, 0.05) is 20.1 Å². The van der Waals surface area contributed by atoms with Crippen LogP contribution in [-0.2, 0) is 4.79 Å². The number of carbonyl (C=O) groups excluding carboxylic acids is 1. The highest BCUT2D eigenvalue weighted by molar-refractivity contribution is 5.83. The van der Waals surface area contributed by atoms with Gasteiger partial charge in [0.2, 0.25) is 5.91 Å². The van der Waals surface area contributed by atoms with Crippen molar-refractivity contribution in [3.63, 3.8) is 0 Å². The van der Waals surface area contributed by atoms with Crippen LogP contribution < -0.4 is 0 Å². The lowest BCUT2D eigenvalue weighted by molar-refractivity contribution is -0.133.